The molecule has 3 aliphatic heterocycles. The highest BCUT2D eigenvalue weighted by atomic mass is 16.5. The number of aryl methyl sites for hydroxylation is 1. The molecule has 3 heterocycles. The number of amides is 3. The average molecular weight is 452 g/mol. The summed E-state index contributed by atoms with van der Waals surface area (Å²) in [4.78, 5) is 42.2. The lowest BCUT2D eigenvalue weighted by Gasteiger charge is -2.34. The zero-order valence-electron chi connectivity index (χ0n) is 19.4. The Balaban J connectivity index is 1.41. The van der Waals surface area contributed by atoms with E-state index in [1.54, 1.807) is 4.90 Å². The Morgan fingerprint density at radius 1 is 1.12 bits per heavy atom. The topological polar surface area (TPSA) is 87.7 Å². The van der Waals surface area contributed by atoms with Crippen molar-refractivity contribution in [2.24, 2.45) is 11.8 Å². The first-order valence-corrected chi connectivity index (χ1v) is 12.3. The second-order valence-corrected chi connectivity index (χ2v) is 9.93. The minimum absolute atomic E-state index is 0.142. The Hall–Kier alpha value is -2.67. The minimum Gasteiger partial charge on any atom is -0.359 e. The minimum atomic E-state index is -1.08. The number of fused-ring (bicyclic) bond motifs is 1. The molecule has 0 aromatic heterocycles. The zero-order valence-corrected chi connectivity index (χ0v) is 19.4. The number of hydrogen-bond acceptors (Lipinski definition) is 4. The van der Waals surface area contributed by atoms with Gasteiger partial charge in [-0.2, -0.15) is 0 Å². The molecule has 7 heteroatoms. The summed E-state index contributed by atoms with van der Waals surface area (Å²) in [5.41, 5.74) is 0.713. The zero-order chi connectivity index (χ0) is 23.2. The molecule has 5 rings (SSSR count). The van der Waals surface area contributed by atoms with E-state index in [2.05, 4.69) is 10.6 Å². The maximum Gasteiger partial charge on any atom is 0.246 e. The first-order valence-electron chi connectivity index (χ1n) is 12.3. The number of likely N-dealkylation sites (tertiary alicyclic amines) is 1. The fraction of sp³-hybridized carbons (Fsp3) is 0.577. The normalized spacial score (nSPS) is 32.8. The lowest BCUT2D eigenvalue weighted by molar-refractivity contribution is -0.141. The summed E-state index contributed by atoms with van der Waals surface area (Å²) in [5, 5.41) is 6.16. The summed E-state index contributed by atoms with van der Waals surface area (Å²) in [6.07, 6.45) is 9.33. The lowest BCUT2D eigenvalue weighted by Crippen LogP contribution is -2.56. The van der Waals surface area contributed by atoms with Crippen LogP contribution in [0.15, 0.2) is 36.4 Å². The van der Waals surface area contributed by atoms with Gasteiger partial charge in [-0.3, -0.25) is 14.4 Å². The van der Waals surface area contributed by atoms with E-state index in [1.165, 1.54) is 6.42 Å². The molecule has 4 aliphatic rings. The van der Waals surface area contributed by atoms with Crippen LogP contribution in [0.2, 0.25) is 0 Å². The Bertz CT molecular complexity index is 968. The van der Waals surface area contributed by atoms with Crippen LogP contribution >= 0.6 is 0 Å². The summed E-state index contributed by atoms with van der Waals surface area (Å²) in [6.45, 7) is 4.45. The number of anilines is 1. The van der Waals surface area contributed by atoms with Gasteiger partial charge in [0.25, 0.3) is 0 Å². The number of nitrogens with one attached hydrogen (secondary N) is 2. The number of carbonyl (C=O) groups is 3. The number of ether oxygens (including phenoxy) is 1. The fourth-order valence-corrected chi connectivity index (χ4v) is 6.14. The van der Waals surface area contributed by atoms with Crippen molar-refractivity contribution in [3.63, 3.8) is 0 Å². The van der Waals surface area contributed by atoms with Gasteiger partial charge in [-0.25, -0.2) is 0 Å². The van der Waals surface area contributed by atoms with Crippen molar-refractivity contribution < 1.29 is 19.1 Å². The molecule has 176 valence electrons. The van der Waals surface area contributed by atoms with Crippen molar-refractivity contribution >= 4 is 23.4 Å². The quantitative estimate of drug-likeness (QED) is 0.651. The summed E-state index contributed by atoms with van der Waals surface area (Å²) >= 11 is 0. The molecule has 1 aliphatic carbocycles. The predicted octanol–water partition coefficient (Wildman–Crippen LogP) is 2.94. The standard InChI is InChI=1S/C26H33N3O4/c1-3-15-29-22(24(31)28-17-7-5-4-6-8-17)26-14-13-19(33-26)20(21(26)25(29)32)23(30)27-18-11-9-16(2)10-12-18/h9-14,17,19-22H,3-8,15H2,1-2H3,(H,27,30)(H,28,31)/t19-,20-,21-,22+,26+/m1/s1. The number of benzene rings is 1. The van der Waals surface area contributed by atoms with Gasteiger partial charge in [-0.15, -0.1) is 0 Å². The molecule has 3 fully saturated rings. The summed E-state index contributed by atoms with van der Waals surface area (Å²) in [5.74, 6) is -1.90. The molecule has 1 spiro atoms. The smallest absolute Gasteiger partial charge is 0.246 e. The molecule has 2 saturated heterocycles. The van der Waals surface area contributed by atoms with Crippen LogP contribution in [0.3, 0.4) is 0 Å². The van der Waals surface area contributed by atoms with Crippen molar-refractivity contribution in [3.8, 4) is 0 Å². The van der Waals surface area contributed by atoms with Crippen LogP contribution in [0.1, 0.15) is 51.0 Å². The number of hydrogen-bond donors (Lipinski definition) is 2. The van der Waals surface area contributed by atoms with Crippen molar-refractivity contribution in [3.05, 3.63) is 42.0 Å². The van der Waals surface area contributed by atoms with E-state index in [0.717, 1.165) is 37.7 Å². The third-order valence-corrected chi connectivity index (χ3v) is 7.66. The van der Waals surface area contributed by atoms with E-state index < -0.39 is 29.6 Å². The van der Waals surface area contributed by atoms with Gasteiger partial charge < -0.3 is 20.3 Å². The van der Waals surface area contributed by atoms with E-state index in [0.29, 0.717) is 12.2 Å². The molecule has 0 unspecified atom stereocenters. The van der Waals surface area contributed by atoms with Crippen molar-refractivity contribution in [1.29, 1.82) is 0 Å². The Labute approximate surface area is 194 Å². The first-order chi connectivity index (χ1) is 15.9. The largest absolute Gasteiger partial charge is 0.359 e. The van der Waals surface area contributed by atoms with Crippen LogP contribution in [0.4, 0.5) is 5.69 Å². The maximum absolute atomic E-state index is 13.6. The second-order valence-electron chi connectivity index (χ2n) is 9.93. The van der Waals surface area contributed by atoms with E-state index in [9.17, 15) is 14.4 Å². The van der Waals surface area contributed by atoms with Gasteiger partial charge in [0.2, 0.25) is 17.7 Å². The molecular formula is C26H33N3O4. The highest BCUT2D eigenvalue weighted by Crippen LogP contribution is 2.55. The highest BCUT2D eigenvalue weighted by molar-refractivity contribution is 6.02. The van der Waals surface area contributed by atoms with Gasteiger partial charge in [-0.05, 0) is 38.3 Å². The van der Waals surface area contributed by atoms with E-state index in [-0.39, 0.29) is 23.8 Å². The monoisotopic (exact) mass is 451 g/mol. The van der Waals surface area contributed by atoms with E-state index in [1.807, 2.05) is 50.3 Å². The van der Waals surface area contributed by atoms with Gasteiger partial charge in [-0.1, -0.05) is 56.0 Å². The molecular weight excluding hydrogens is 418 g/mol. The van der Waals surface area contributed by atoms with Crippen LogP contribution in [-0.2, 0) is 19.1 Å². The average Bonchev–Trinajstić information content (AvgIpc) is 3.44. The molecule has 1 aromatic rings. The number of nitrogens with zero attached hydrogens (tertiary/aromatic N) is 1. The molecule has 3 amide bonds. The van der Waals surface area contributed by atoms with Crippen molar-refractivity contribution in [2.45, 2.75) is 76.2 Å². The Kier molecular flexibility index (Phi) is 5.77. The lowest BCUT2D eigenvalue weighted by atomic mass is 9.74. The Morgan fingerprint density at radius 2 is 1.85 bits per heavy atom. The van der Waals surface area contributed by atoms with E-state index >= 15 is 0 Å². The van der Waals surface area contributed by atoms with Gasteiger partial charge >= 0.3 is 0 Å². The summed E-state index contributed by atoms with van der Waals surface area (Å²) in [7, 11) is 0. The first kappa shape index (κ1) is 22.1. The summed E-state index contributed by atoms with van der Waals surface area (Å²) < 4.78 is 6.35. The third-order valence-electron chi connectivity index (χ3n) is 7.66. The van der Waals surface area contributed by atoms with Crippen molar-refractivity contribution in [1.82, 2.24) is 10.2 Å². The van der Waals surface area contributed by atoms with Gasteiger partial charge in [0.1, 0.15) is 11.6 Å². The fourth-order valence-electron chi connectivity index (χ4n) is 6.14. The second kappa shape index (κ2) is 8.60. The maximum atomic E-state index is 13.6. The molecule has 0 radical (unpaired) electrons. The summed E-state index contributed by atoms with van der Waals surface area (Å²) in [6, 6.07) is 6.98. The molecule has 1 saturated carbocycles. The SMILES string of the molecule is CCCN1C(=O)[C@H]2[C@H](C(=O)Nc3ccc(C)cc3)[C@H]3C=C[C@@]2(O3)[C@@H]1C(=O)NC1CCCCC1. The number of carbonyl (C=O) groups excluding carboxylic acids is 3. The van der Waals surface area contributed by atoms with Crippen LogP contribution in [0.5, 0.6) is 0 Å². The predicted molar refractivity (Wildman–Crippen MR) is 124 cm³/mol. The van der Waals surface area contributed by atoms with Gasteiger partial charge in [0.15, 0.2) is 0 Å². The molecule has 1 aromatic carbocycles. The van der Waals surface area contributed by atoms with Crippen LogP contribution in [-0.4, -0.2) is 53.0 Å². The van der Waals surface area contributed by atoms with Crippen LogP contribution < -0.4 is 10.6 Å². The number of rotatable bonds is 6. The van der Waals surface area contributed by atoms with Crippen molar-refractivity contribution in [2.75, 3.05) is 11.9 Å². The molecule has 2 bridgehead atoms. The molecule has 7 nitrogen and oxygen atoms in total. The molecule has 5 atom stereocenters. The molecule has 33 heavy (non-hydrogen) atoms. The van der Waals surface area contributed by atoms with E-state index in [4.69, 9.17) is 4.74 Å². The highest BCUT2D eigenvalue weighted by Gasteiger charge is 2.72. The Morgan fingerprint density at radius 3 is 2.55 bits per heavy atom. The van der Waals surface area contributed by atoms with Gasteiger partial charge in [0, 0.05) is 18.3 Å². The van der Waals surface area contributed by atoms with Crippen LogP contribution in [0, 0.1) is 18.8 Å². The third kappa shape index (κ3) is 3.66. The van der Waals surface area contributed by atoms with Gasteiger partial charge in [0.05, 0.1) is 17.9 Å². The van der Waals surface area contributed by atoms with Crippen LogP contribution in [0.25, 0.3) is 0 Å². The molecule has 2 N–H and O–H groups in total.